The molecule has 4 aromatic rings. The van der Waals surface area contributed by atoms with Crippen LogP contribution in [-0.2, 0) is 4.79 Å². The largest absolute Gasteiger partial charge is 0.354 e. The molecule has 5 heterocycles. The molecule has 7 heteroatoms. The third-order valence-corrected chi connectivity index (χ3v) is 9.25. The number of piperidine rings is 2. The van der Waals surface area contributed by atoms with E-state index in [1.165, 1.54) is 58.1 Å². The number of fused-ring (bicyclic) bond motifs is 2. The van der Waals surface area contributed by atoms with Crippen LogP contribution in [0.4, 0.5) is 0 Å². The summed E-state index contributed by atoms with van der Waals surface area (Å²) in [5.74, 6) is 1.20. The van der Waals surface area contributed by atoms with E-state index in [9.17, 15) is 4.79 Å². The van der Waals surface area contributed by atoms with E-state index >= 15 is 0 Å². The number of nitrogens with one attached hydrogen (secondary N) is 1. The lowest BCUT2D eigenvalue weighted by Gasteiger charge is -2.33. The highest BCUT2D eigenvalue weighted by Gasteiger charge is 2.26. The van der Waals surface area contributed by atoms with E-state index in [-0.39, 0.29) is 0 Å². The van der Waals surface area contributed by atoms with E-state index in [1.54, 1.807) is 6.33 Å². The number of nitrogens with zero attached hydrogens (tertiary/aromatic N) is 5. The average molecular weight is 527 g/mol. The first-order valence-electron chi connectivity index (χ1n) is 14.9. The molecule has 0 radical (unpaired) electrons. The molecule has 1 aromatic carbocycles. The van der Waals surface area contributed by atoms with Gasteiger partial charge in [-0.15, -0.1) is 0 Å². The first-order valence-corrected chi connectivity index (χ1v) is 14.9. The van der Waals surface area contributed by atoms with Gasteiger partial charge in [-0.05, 0) is 98.8 Å². The van der Waals surface area contributed by atoms with Gasteiger partial charge in [0.15, 0.2) is 5.65 Å². The fourth-order valence-electron chi connectivity index (χ4n) is 6.81. The predicted octanol–water partition coefficient (Wildman–Crippen LogP) is 6.20. The predicted molar refractivity (Wildman–Crippen MR) is 157 cm³/mol. The lowest BCUT2D eigenvalue weighted by Crippen LogP contribution is -2.40. The molecule has 0 spiro atoms. The van der Waals surface area contributed by atoms with Crippen molar-refractivity contribution in [3.05, 3.63) is 53.0 Å². The second-order valence-electron chi connectivity index (χ2n) is 12.0. The molecular weight excluding hydrogens is 484 g/mol. The van der Waals surface area contributed by atoms with Crippen LogP contribution in [0.3, 0.4) is 0 Å². The van der Waals surface area contributed by atoms with E-state index < -0.39 is 0 Å². The second kappa shape index (κ2) is 10.8. The van der Waals surface area contributed by atoms with E-state index in [2.05, 4.69) is 77.0 Å². The zero-order valence-electron chi connectivity index (χ0n) is 24.0. The molecular formula is C32H42N6O. The van der Waals surface area contributed by atoms with Crippen LogP contribution in [0.15, 0.2) is 30.7 Å². The quantitative estimate of drug-likeness (QED) is 0.325. The van der Waals surface area contributed by atoms with E-state index in [0.29, 0.717) is 24.2 Å². The number of carbonyl (C=O) groups is 1. The van der Waals surface area contributed by atoms with Crippen molar-refractivity contribution in [2.75, 3.05) is 32.7 Å². The van der Waals surface area contributed by atoms with Crippen molar-refractivity contribution >= 4 is 22.5 Å². The summed E-state index contributed by atoms with van der Waals surface area (Å²) < 4.78 is 1.89. The smallest absolute Gasteiger partial charge is 0.223 e. The Morgan fingerprint density at radius 3 is 2.56 bits per heavy atom. The average Bonchev–Trinajstić information content (AvgIpc) is 3.59. The molecule has 0 atom stereocenters. The molecule has 1 N–H and O–H groups in total. The monoisotopic (exact) mass is 526 g/mol. The molecule has 7 nitrogen and oxygen atoms in total. The summed E-state index contributed by atoms with van der Waals surface area (Å²) in [6.07, 6.45) is 10.4. The van der Waals surface area contributed by atoms with Gasteiger partial charge in [0.25, 0.3) is 0 Å². The second-order valence-corrected chi connectivity index (χ2v) is 12.0. The normalized spacial score (nSPS) is 17.6. The molecule has 1 amide bonds. The molecule has 0 unspecified atom stereocenters. The number of hydrogen-bond acceptors (Lipinski definition) is 4. The topological polar surface area (TPSA) is 69.5 Å². The highest BCUT2D eigenvalue weighted by atomic mass is 16.2. The molecule has 206 valence electrons. The third kappa shape index (κ3) is 4.97. The molecule has 2 aliphatic heterocycles. The molecule has 2 fully saturated rings. The highest BCUT2D eigenvalue weighted by molar-refractivity contribution is 5.92. The third-order valence-electron chi connectivity index (χ3n) is 9.25. The van der Waals surface area contributed by atoms with E-state index in [4.69, 9.17) is 0 Å². The minimum absolute atomic E-state index is 0.335. The Morgan fingerprint density at radius 1 is 1.05 bits per heavy atom. The van der Waals surface area contributed by atoms with Crippen LogP contribution >= 0.6 is 0 Å². The van der Waals surface area contributed by atoms with Crippen molar-refractivity contribution in [2.24, 2.45) is 0 Å². The van der Waals surface area contributed by atoms with Crippen LogP contribution in [0, 0.1) is 13.8 Å². The molecule has 0 aliphatic carbocycles. The van der Waals surface area contributed by atoms with Crippen LogP contribution in [0.2, 0.25) is 0 Å². The maximum absolute atomic E-state index is 12.9. The summed E-state index contributed by atoms with van der Waals surface area (Å²) in [5, 5.41) is 5.74. The van der Waals surface area contributed by atoms with Crippen LogP contribution < -0.4 is 0 Å². The first kappa shape index (κ1) is 26.1. The summed E-state index contributed by atoms with van der Waals surface area (Å²) in [6.45, 7) is 13.8. The van der Waals surface area contributed by atoms with Crippen molar-refractivity contribution in [3.8, 4) is 11.3 Å². The SMILES string of the molecule is Cc1c(-c2[nH]c3ccc(C4CCN(C(=O)CCN5CCCCC5)CC4)cc3c2C(C)C)cn2ncnc2c1C. The molecule has 2 saturated heterocycles. The molecule has 39 heavy (non-hydrogen) atoms. The van der Waals surface area contributed by atoms with Crippen LogP contribution in [0.1, 0.15) is 86.5 Å². The van der Waals surface area contributed by atoms with Crippen molar-refractivity contribution in [2.45, 2.75) is 78.1 Å². The van der Waals surface area contributed by atoms with E-state index in [1.807, 2.05) is 4.52 Å². The van der Waals surface area contributed by atoms with Gasteiger partial charge in [0.2, 0.25) is 5.91 Å². The molecule has 0 saturated carbocycles. The Hall–Kier alpha value is -3.19. The molecule has 3 aromatic heterocycles. The number of hydrogen-bond donors (Lipinski definition) is 1. The van der Waals surface area contributed by atoms with Crippen LogP contribution in [0.5, 0.6) is 0 Å². The lowest BCUT2D eigenvalue weighted by molar-refractivity contribution is -0.132. The van der Waals surface area contributed by atoms with Gasteiger partial charge >= 0.3 is 0 Å². The van der Waals surface area contributed by atoms with Gasteiger partial charge in [0, 0.05) is 48.7 Å². The number of pyridine rings is 1. The number of rotatable bonds is 6. The van der Waals surface area contributed by atoms with Crippen molar-refractivity contribution in [3.63, 3.8) is 0 Å². The zero-order valence-corrected chi connectivity index (χ0v) is 24.0. The standard InChI is InChI=1S/C32H42N6O/c1-21(2)30-26-18-25(24-10-16-37(17-11-24)29(39)12-15-36-13-6-5-7-14-36)8-9-28(26)35-31(30)27-19-38-32(33-20-34-38)23(4)22(27)3/h8-9,18-21,24,35H,5-7,10-17H2,1-4H3. The Bertz CT molecular complexity index is 1480. The van der Waals surface area contributed by atoms with Crippen molar-refractivity contribution in [1.29, 1.82) is 0 Å². The number of aryl methyl sites for hydroxylation is 1. The van der Waals surface area contributed by atoms with Gasteiger partial charge in [0.1, 0.15) is 6.33 Å². The maximum Gasteiger partial charge on any atom is 0.223 e. The lowest BCUT2D eigenvalue weighted by atomic mass is 9.87. The van der Waals surface area contributed by atoms with Crippen molar-refractivity contribution in [1.82, 2.24) is 29.4 Å². The Balaban J connectivity index is 1.21. The number of aromatic nitrogens is 4. The molecule has 2 aliphatic rings. The number of H-pyrrole nitrogens is 1. The van der Waals surface area contributed by atoms with Crippen LogP contribution in [-0.4, -0.2) is 68.0 Å². The number of amides is 1. The molecule has 6 rings (SSSR count). The fourth-order valence-corrected chi connectivity index (χ4v) is 6.81. The van der Waals surface area contributed by atoms with E-state index in [0.717, 1.165) is 56.8 Å². The van der Waals surface area contributed by atoms with Gasteiger partial charge in [0.05, 0.1) is 5.69 Å². The highest BCUT2D eigenvalue weighted by Crippen LogP contribution is 2.40. The minimum atomic E-state index is 0.335. The van der Waals surface area contributed by atoms with Crippen molar-refractivity contribution < 1.29 is 4.79 Å². The van der Waals surface area contributed by atoms with Crippen LogP contribution in [0.25, 0.3) is 27.8 Å². The number of aromatic amines is 1. The summed E-state index contributed by atoms with van der Waals surface area (Å²) in [4.78, 5) is 25.7. The van der Waals surface area contributed by atoms with Gasteiger partial charge in [-0.25, -0.2) is 9.50 Å². The van der Waals surface area contributed by atoms with Gasteiger partial charge < -0.3 is 14.8 Å². The number of benzene rings is 1. The summed E-state index contributed by atoms with van der Waals surface area (Å²) in [6, 6.07) is 6.97. The Kier molecular flexibility index (Phi) is 7.19. The summed E-state index contributed by atoms with van der Waals surface area (Å²) in [5.41, 5.74) is 9.62. The minimum Gasteiger partial charge on any atom is -0.354 e. The Morgan fingerprint density at radius 2 is 1.82 bits per heavy atom. The zero-order chi connectivity index (χ0) is 27.1. The fraction of sp³-hybridized carbons (Fsp3) is 0.531. The number of carbonyl (C=O) groups excluding carboxylic acids is 1. The number of likely N-dealkylation sites (tertiary alicyclic amines) is 2. The summed E-state index contributed by atoms with van der Waals surface area (Å²) >= 11 is 0. The molecule has 0 bridgehead atoms. The van der Waals surface area contributed by atoms with Gasteiger partial charge in [-0.1, -0.05) is 26.3 Å². The maximum atomic E-state index is 12.9. The Labute approximate surface area is 231 Å². The van der Waals surface area contributed by atoms with Gasteiger partial charge in [-0.3, -0.25) is 4.79 Å². The van der Waals surface area contributed by atoms with Gasteiger partial charge in [-0.2, -0.15) is 5.10 Å². The first-order chi connectivity index (χ1) is 18.9. The summed E-state index contributed by atoms with van der Waals surface area (Å²) in [7, 11) is 0.